The molecule has 74 valence electrons. The summed E-state index contributed by atoms with van der Waals surface area (Å²) in [5.74, 6) is -0.409. The SMILES string of the molecule is N#Cc1cc(F)ccc1Sc1nncs1. The molecule has 0 fully saturated rings. The van der Waals surface area contributed by atoms with Crippen molar-refractivity contribution in [2.45, 2.75) is 9.24 Å². The van der Waals surface area contributed by atoms with Gasteiger partial charge in [-0.15, -0.1) is 10.2 Å². The predicted octanol–water partition coefficient (Wildman–Crippen LogP) is 2.70. The number of hydrogen-bond acceptors (Lipinski definition) is 5. The van der Waals surface area contributed by atoms with E-state index in [1.807, 2.05) is 6.07 Å². The van der Waals surface area contributed by atoms with Gasteiger partial charge in [-0.1, -0.05) is 23.1 Å². The van der Waals surface area contributed by atoms with Crippen molar-refractivity contribution in [1.82, 2.24) is 10.2 Å². The van der Waals surface area contributed by atoms with Crippen molar-refractivity contribution in [2.75, 3.05) is 0 Å². The fraction of sp³-hybridized carbons (Fsp3) is 0. The van der Waals surface area contributed by atoms with Crippen molar-refractivity contribution in [2.24, 2.45) is 0 Å². The van der Waals surface area contributed by atoms with Crippen molar-refractivity contribution >= 4 is 23.1 Å². The molecule has 6 heteroatoms. The van der Waals surface area contributed by atoms with Crippen LogP contribution in [0.5, 0.6) is 0 Å². The molecule has 0 aliphatic carbocycles. The minimum atomic E-state index is -0.409. The van der Waals surface area contributed by atoms with Gasteiger partial charge < -0.3 is 0 Å². The maximum absolute atomic E-state index is 12.8. The third-order valence-corrected chi connectivity index (χ3v) is 3.45. The molecule has 0 spiro atoms. The van der Waals surface area contributed by atoms with Gasteiger partial charge in [-0.3, -0.25) is 0 Å². The van der Waals surface area contributed by atoms with Crippen LogP contribution in [-0.4, -0.2) is 10.2 Å². The molecule has 0 aliphatic heterocycles. The second-order valence-electron chi connectivity index (χ2n) is 2.56. The van der Waals surface area contributed by atoms with Gasteiger partial charge >= 0.3 is 0 Å². The number of benzene rings is 1. The maximum Gasteiger partial charge on any atom is 0.178 e. The van der Waals surface area contributed by atoms with Gasteiger partial charge in [0.15, 0.2) is 4.34 Å². The Morgan fingerprint density at radius 2 is 2.33 bits per heavy atom. The number of halogens is 1. The zero-order valence-electron chi connectivity index (χ0n) is 7.35. The molecule has 0 saturated carbocycles. The van der Waals surface area contributed by atoms with E-state index in [9.17, 15) is 4.39 Å². The molecule has 1 aromatic heterocycles. The van der Waals surface area contributed by atoms with Crippen molar-refractivity contribution in [3.05, 3.63) is 35.1 Å². The van der Waals surface area contributed by atoms with Gasteiger partial charge in [-0.25, -0.2) is 4.39 Å². The highest BCUT2D eigenvalue weighted by molar-refractivity contribution is 8.01. The molecule has 0 bridgehead atoms. The van der Waals surface area contributed by atoms with Crippen LogP contribution in [0, 0.1) is 17.1 Å². The Balaban J connectivity index is 2.33. The first-order valence-electron chi connectivity index (χ1n) is 3.93. The van der Waals surface area contributed by atoms with E-state index in [2.05, 4.69) is 10.2 Å². The van der Waals surface area contributed by atoms with E-state index < -0.39 is 5.82 Å². The lowest BCUT2D eigenvalue weighted by Gasteiger charge is -1.99. The fourth-order valence-corrected chi connectivity index (χ4v) is 2.48. The summed E-state index contributed by atoms with van der Waals surface area (Å²) in [5.41, 5.74) is 1.92. The average molecular weight is 237 g/mol. The third kappa shape index (κ3) is 2.32. The van der Waals surface area contributed by atoms with E-state index in [0.29, 0.717) is 10.5 Å². The molecule has 0 N–H and O–H groups in total. The Morgan fingerprint density at radius 3 is 3.00 bits per heavy atom. The summed E-state index contributed by atoms with van der Waals surface area (Å²) in [6, 6.07) is 6.05. The molecule has 3 nitrogen and oxygen atoms in total. The second kappa shape index (κ2) is 4.38. The number of nitriles is 1. The highest BCUT2D eigenvalue weighted by atomic mass is 32.2. The molecule has 2 rings (SSSR count). The molecule has 2 aromatic rings. The Kier molecular flexibility index (Phi) is 2.94. The first-order chi connectivity index (χ1) is 7.29. The number of aromatic nitrogens is 2. The highest BCUT2D eigenvalue weighted by Crippen LogP contribution is 2.31. The molecule has 1 heterocycles. The summed E-state index contributed by atoms with van der Waals surface area (Å²) in [4.78, 5) is 0.690. The molecule has 1 aromatic carbocycles. The van der Waals surface area contributed by atoms with Gasteiger partial charge in [0.1, 0.15) is 17.4 Å². The lowest BCUT2D eigenvalue weighted by molar-refractivity contribution is 0.626. The van der Waals surface area contributed by atoms with E-state index in [-0.39, 0.29) is 0 Å². The molecule has 0 amide bonds. The quantitative estimate of drug-likeness (QED) is 0.805. The molecule has 0 unspecified atom stereocenters. The highest BCUT2D eigenvalue weighted by Gasteiger charge is 2.07. The van der Waals surface area contributed by atoms with Crippen molar-refractivity contribution in [1.29, 1.82) is 5.26 Å². The van der Waals surface area contributed by atoms with E-state index in [1.165, 1.54) is 35.2 Å². The van der Waals surface area contributed by atoms with Crippen LogP contribution < -0.4 is 0 Å². The summed E-state index contributed by atoms with van der Waals surface area (Å²) in [6.45, 7) is 0. The van der Waals surface area contributed by atoms with E-state index in [0.717, 1.165) is 4.34 Å². The standard InChI is InChI=1S/C9H4FN3S2/c10-7-1-2-8(6(3-7)4-11)15-9-13-12-5-14-9/h1-3,5H. The zero-order chi connectivity index (χ0) is 10.7. The summed E-state index contributed by atoms with van der Waals surface area (Å²) in [7, 11) is 0. The van der Waals surface area contributed by atoms with Gasteiger partial charge in [0.2, 0.25) is 0 Å². The maximum atomic E-state index is 12.8. The van der Waals surface area contributed by atoms with Crippen LogP contribution in [0.3, 0.4) is 0 Å². The fourth-order valence-electron chi connectivity index (χ4n) is 0.980. The van der Waals surface area contributed by atoms with Crippen LogP contribution in [0.15, 0.2) is 32.9 Å². The first-order valence-corrected chi connectivity index (χ1v) is 5.63. The van der Waals surface area contributed by atoms with E-state index in [1.54, 1.807) is 11.6 Å². The topological polar surface area (TPSA) is 49.6 Å². The Hall–Kier alpha value is -1.45. The number of nitrogens with zero attached hydrogens (tertiary/aromatic N) is 3. The smallest absolute Gasteiger partial charge is 0.178 e. The third-order valence-electron chi connectivity index (χ3n) is 1.60. The summed E-state index contributed by atoms with van der Waals surface area (Å²) in [6.07, 6.45) is 0. The minimum Gasteiger partial charge on any atom is -0.207 e. The second-order valence-corrected chi connectivity index (χ2v) is 4.68. The molecule has 0 atom stereocenters. The van der Waals surface area contributed by atoms with Crippen LogP contribution in [0.2, 0.25) is 0 Å². The van der Waals surface area contributed by atoms with Crippen LogP contribution in [0.1, 0.15) is 5.56 Å². The van der Waals surface area contributed by atoms with Gasteiger partial charge in [-0.05, 0) is 18.2 Å². The average Bonchev–Trinajstić information content (AvgIpc) is 2.73. The largest absolute Gasteiger partial charge is 0.207 e. The molecular formula is C9H4FN3S2. The van der Waals surface area contributed by atoms with Crippen LogP contribution >= 0.6 is 23.1 Å². The van der Waals surface area contributed by atoms with Gasteiger partial charge in [0.25, 0.3) is 0 Å². The Morgan fingerprint density at radius 1 is 1.47 bits per heavy atom. The zero-order valence-corrected chi connectivity index (χ0v) is 8.98. The lowest BCUT2D eigenvalue weighted by Crippen LogP contribution is -1.83. The van der Waals surface area contributed by atoms with Crippen LogP contribution in [0.25, 0.3) is 0 Å². The first kappa shape index (κ1) is 10.1. The molecule has 15 heavy (non-hydrogen) atoms. The number of hydrogen-bond donors (Lipinski definition) is 0. The molecule has 0 aliphatic rings. The Labute approximate surface area is 93.6 Å². The van der Waals surface area contributed by atoms with Gasteiger partial charge in [0, 0.05) is 4.90 Å². The van der Waals surface area contributed by atoms with Crippen LogP contribution in [0.4, 0.5) is 4.39 Å². The van der Waals surface area contributed by atoms with E-state index in [4.69, 9.17) is 5.26 Å². The lowest BCUT2D eigenvalue weighted by atomic mass is 10.2. The normalized spacial score (nSPS) is 9.87. The monoisotopic (exact) mass is 237 g/mol. The van der Waals surface area contributed by atoms with Gasteiger partial charge in [0.05, 0.1) is 5.56 Å². The van der Waals surface area contributed by atoms with Crippen molar-refractivity contribution in [3.8, 4) is 6.07 Å². The minimum absolute atomic E-state index is 0.315. The molecule has 0 saturated heterocycles. The molecular weight excluding hydrogens is 233 g/mol. The molecule has 0 radical (unpaired) electrons. The summed E-state index contributed by atoms with van der Waals surface area (Å²) in [5, 5.41) is 16.3. The van der Waals surface area contributed by atoms with Crippen LogP contribution in [-0.2, 0) is 0 Å². The Bertz CT molecular complexity index is 505. The van der Waals surface area contributed by atoms with Crippen molar-refractivity contribution in [3.63, 3.8) is 0 Å². The van der Waals surface area contributed by atoms with Crippen molar-refractivity contribution < 1.29 is 4.39 Å². The summed E-state index contributed by atoms with van der Waals surface area (Å²) < 4.78 is 13.6. The van der Waals surface area contributed by atoms with E-state index >= 15 is 0 Å². The number of rotatable bonds is 2. The predicted molar refractivity (Wildman–Crippen MR) is 55.1 cm³/mol. The van der Waals surface area contributed by atoms with Gasteiger partial charge in [-0.2, -0.15) is 5.26 Å². The summed E-state index contributed by atoms with van der Waals surface area (Å²) >= 11 is 2.69.